The van der Waals surface area contributed by atoms with E-state index in [9.17, 15) is 14.0 Å². The molecule has 0 fully saturated rings. The van der Waals surface area contributed by atoms with Crippen LogP contribution in [0.5, 0.6) is 0 Å². The first kappa shape index (κ1) is 17.3. The summed E-state index contributed by atoms with van der Waals surface area (Å²) in [6.07, 6.45) is 3.58. The molecule has 0 aliphatic carbocycles. The number of amides is 1. The quantitative estimate of drug-likeness (QED) is 0.883. The number of nitrogens with one attached hydrogen (secondary N) is 1. The largest absolute Gasteiger partial charge is 0.321 e. The van der Waals surface area contributed by atoms with Crippen molar-refractivity contribution in [2.24, 2.45) is 5.92 Å². The van der Waals surface area contributed by atoms with Crippen molar-refractivity contribution in [1.29, 1.82) is 0 Å². The Bertz CT molecular complexity index is 728. The van der Waals surface area contributed by atoms with Crippen LogP contribution >= 0.6 is 11.8 Å². The average Bonchev–Trinajstić information content (AvgIpc) is 2.53. The number of anilines is 1. The van der Waals surface area contributed by atoms with Crippen molar-refractivity contribution in [3.05, 3.63) is 64.3 Å². The monoisotopic (exact) mass is 334 g/mol. The van der Waals surface area contributed by atoms with Gasteiger partial charge in [-0.3, -0.25) is 9.59 Å². The number of carbonyl (C=O) groups excluding carboxylic acids is 1. The minimum Gasteiger partial charge on any atom is -0.321 e. The van der Waals surface area contributed by atoms with Crippen LogP contribution in [0.15, 0.2) is 47.4 Å². The number of rotatable bonds is 6. The van der Waals surface area contributed by atoms with Gasteiger partial charge in [-0.15, -0.1) is 0 Å². The van der Waals surface area contributed by atoms with Gasteiger partial charge >= 0.3 is 0 Å². The van der Waals surface area contributed by atoms with Crippen molar-refractivity contribution in [3.63, 3.8) is 0 Å². The minimum absolute atomic E-state index is 0.170. The Morgan fingerprint density at radius 1 is 1.30 bits per heavy atom. The first-order chi connectivity index (χ1) is 11.0. The van der Waals surface area contributed by atoms with Gasteiger partial charge in [-0.1, -0.05) is 19.1 Å². The van der Waals surface area contributed by atoms with E-state index in [0.717, 1.165) is 5.56 Å². The number of carbonyl (C=O) groups is 1. The predicted octanol–water partition coefficient (Wildman–Crippen LogP) is 2.97. The number of thioether (sulfide) groups is 1. The van der Waals surface area contributed by atoms with Gasteiger partial charge in [-0.2, -0.15) is 11.8 Å². The summed E-state index contributed by atoms with van der Waals surface area (Å²) in [6, 6.07) is 9.28. The third-order valence-corrected chi connectivity index (χ3v) is 4.24. The molecule has 0 aliphatic rings. The van der Waals surface area contributed by atoms with E-state index in [0.29, 0.717) is 12.3 Å². The molecule has 0 saturated carbocycles. The number of benzene rings is 1. The smallest absolute Gasteiger partial charge is 0.274 e. The fraction of sp³-hybridized carbons (Fsp3) is 0.294. The highest BCUT2D eigenvalue weighted by Gasteiger charge is 2.14. The lowest BCUT2D eigenvalue weighted by atomic mass is 10.2. The van der Waals surface area contributed by atoms with Crippen LogP contribution in [-0.4, -0.2) is 22.5 Å². The normalized spacial score (nSPS) is 12.0. The fourth-order valence-corrected chi connectivity index (χ4v) is 2.78. The van der Waals surface area contributed by atoms with E-state index in [2.05, 4.69) is 5.32 Å². The molecule has 2 aromatic rings. The fourth-order valence-electron chi connectivity index (χ4n) is 2.12. The second-order valence-corrected chi connectivity index (χ2v) is 6.24. The van der Waals surface area contributed by atoms with E-state index in [1.54, 1.807) is 42.2 Å². The number of nitrogens with zero attached hydrogens (tertiary/aromatic N) is 1. The summed E-state index contributed by atoms with van der Waals surface area (Å²) >= 11 is 1.58. The SMILES string of the molecule is CSC[C@H](C)C(=O)Nc1cccn(Cc2ccc(F)cc2)c1=O. The van der Waals surface area contributed by atoms with Gasteiger partial charge in [0.2, 0.25) is 5.91 Å². The second-order valence-electron chi connectivity index (χ2n) is 5.33. The molecule has 0 radical (unpaired) electrons. The Morgan fingerprint density at radius 3 is 2.65 bits per heavy atom. The Kier molecular flexibility index (Phi) is 5.98. The maximum Gasteiger partial charge on any atom is 0.274 e. The second kappa shape index (κ2) is 7.97. The van der Waals surface area contributed by atoms with Crippen molar-refractivity contribution in [2.75, 3.05) is 17.3 Å². The molecule has 122 valence electrons. The number of hydrogen-bond acceptors (Lipinski definition) is 3. The molecule has 0 bridgehead atoms. The zero-order chi connectivity index (χ0) is 16.8. The van der Waals surface area contributed by atoms with E-state index in [1.165, 1.54) is 16.7 Å². The molecule has 0 saturated heterocycles. The molecule has 1 aromatic heterocycles. The highest BCUT2D eigenvalue weighted by Crippen LogP contribution is 2.09. The molecule has 6 heteroatoms. The van der Waals surface area contributed by atoms with Crippen molar-refractivity contribution >= 4 is 23.4 Å². The van der Waals surface area contributed by atoms with E-state index >= 15 is 0 Å². The molecule has 23 heavy (non-hydrogen) atoms. The van der Waals surface area contributed by atoms with Gasteiger partial charge in [-0.25, -0.2) is 4.39 Å². The maximum absolute atomic E-state index is 12.9. The Hall–Kier alpha value is -2.08. The average molecular weight is 334 g/mol. The van der Waals surface area contributed by atoms with Crippen LogP contribution in [0.1, 0.15) is 12.5 Å². The zero-order valence-corrected chi connectivity index (χ0v) is 13.9. The highest BCUT2D eigenvalue weighted by atomic mass is 32.2. The van der Waals surface area contributed by atoms with Crippen molar-refractivity contribution in [3.8, 4) is 0 Å². The van der Waals surface area contributed by atoms with Gasteiger partial charge in [0.15, 0.2) is 0 Å². The molecule has 1 N–H and O–H groups in total. The molecule has 4 nitrogen and oxygen atoms in total. The molecule has 0 aliphatic heterocycles. The van der Waals surface area contributed by atoms with Crippen LogP contribution < -0.4 is 10.9 Å². The standard InChI is InChI=1S/C17H19FN2O2S/c1-12(11-23-2)16(21)19-15-4-3-9-20(17(15)22)10-13-5-7-14(18)8-6-13/h3-9,12H,10-11H2,1-2H3,(H,19,21)/t12-/m0/s1. The van der Waals surface area contributed by atoms with Crippen LogP contribution in [0.2, 0.25) is 0 Å². The number of halogens is 1. The molecular formula is C17H19FN2O2S. The molecular weight excluding hydrogens is 315 g/mol. The molecule has 2 rings (SSSR count). The Balaban J connectivity index is 2.16. The maximum atomic E-state index is 12.9. The topological polar surface area (TPSA) is 51.1 Å². The van der Waals surface area contributed by atoms with Crippen LogP contribution in [0.25, 0.3) is 0 Å². The predicted molar refractivity (Wildman–Crippen MR) is 92.4 cm³/mol. The van der Waals surface area contributed by atoms with Crippen LogP contribution in [-0.2, 0) is 11.3 Å². The molecule has 0 unspecified atom stereocenters. The summed E-state index contributed by atoms with van der Waals surface area (Å²) in [6.45, 7) is 2.15. The first-order valence-corrected chi connectivity index (χ1v) is 8.64. The van der Waals surface area contributed by atoms with Gasteiger partial charge in [0.05, 0.1) is 6.54 Å². The van der Waals surface area contributed by atoms with Gasteiger partial charge in [-0.05, 0) is 36.1 Å². The molecule has 1 aromatic carbocycles. The van der Waals surface area contributed by atoms with Gasteiger partial charge in [0, 0.05) is 17.9 Å². The van der Waals surface area contributed by atoms with E-state index in [-0.39, 0.29) is 28.9 Å². The van der Waals surface area contributed by atoms with Crippen molar-refractivity contribution < 1.29 is 9.18 Å². The minimum atomic E-state index is -0.315. The van der Waals surface area contributed by atoms with E-state index in [4.69, 9.17) is 0 Å². The van der Waals surface area contributed by atoms with Gasteiger partial charge in [0.1, 0.15) is 11.5 Å². The van der Waals surface area contributed by atoms with Gasteiger partial charge in [0.25, 0.3) is 5.56 Å². The Labute approximate surface area is 138 Å². The lowest BCUT2D eigenvalue weighted by Crippen LogP contribution is -2.29. The summed E-state index contributed by atoms with van der Waals surface area (Å²) in [5.74, 6) is 0.0404. The number of pyridine rings is 1. The first-order valence-electron chi connectivity index (χ1n) is 7.25. The van der Waals surface area contributed by atoms with E-state index in [1.807, 2.05) is 13.2 Å². The van der Waals surface area contributed by atoms with Crippen LogP contribution in [0, 0.1) is 11.7 Å². The summed E-state index contributed by atoms with van der Waals surface area (Å²) in [4.78, 5) is 24.5. The third-order valence-electron chi connectivity index (χ3n) is 3.41. The number of hydrogen-bond donors (Lipinski definition) is 1. The zero-order valence-electron chi connectivity index (χ0n) is 13.1. The summed E-state index contributed by atoms with van der Waals surface area (Å²) < 4.78 is 14.4. The van der Waals surface area contributed by atoms with Crippen molar-refractivity contribution in [1.82, 2.24) is 4.57 Å². The lowest BCUT2D eigenvalue weighted by molar-refractivity contribution is -0.118. The van der Waals surface area contributed by atoms with Crippen LogP contribution in [0.4, 0.5) is 10.1 Å². The van der Waals surface area contributed by atoms with Crippen LogP contribution in [0.3, 0.4) is 0 Å². The van der Waals surface area contributed by atoms with Crippen molar-refractivity contribution in [2.45, 2.75) is 13.5 Å². The number of aromatic nitrogens is 1. The van der Waals surface area contributed by atoms with E-state index < -0.39 is 0 Å². The molecule has 0 spiro atoms. The summed E-state index contributed by atoms with van der Waals surface area (Å²) in [7, 11) is 0. The van der Waals surface area contributed by atoms with Gasteiger partial charge < -0.3 is 9.88 Å². The summed E-state index contributed by atoms with van der Waals surface area (Å²) in [5.41, 5.74) is 0.793. The molecule has 1 heterocycles. The molecule has 1 amide bonds. The summed E-state index contributed by atoms with van der Waals surface area (Å²) in [5, 5.41) is 2.68. The molecule has 1 atom stereocenters. The Morgan fingerprint density at radius 2 is 2.00 bits per heavy atom. The lowest BCUT2D eigenvalue weighted by Gasteiger charge is -2.12. The third kappa shape index (κ3) is 4.69. The highest BCUT2D eigenvalue weighted by molar-refractivity contribution is 7.98.